The summed E-state index contributed by atoms with van der Waals surface area (Å²) in [5.41, 5.74) is 4.53. The fourth-order valence-electron chi connectivity index (χ4n) is 5.41. The number of hydrogen-bond acceptors (Lipinski definition) is 6. The van der Waals surface area contributed by atoms with Crippen LogP contribution < -0.4 is 9.47 Å². The van der Waals surface area contributed by atoms with Crippen LogP contribution in [0.3, 0.4) is 0 Å². The van der Waals surface area contributed by atoms with Gasteiger partial charge >= 0.3 is 0 Å². The highest BCUT2D eigenvalue weighted by Crippen LogP contribution is 2.51. The molecule has 4 rings (SSSR count). The van der Waals surface area contributed by atoms with E-state index in [0.717, 1.165) is 37.3 Å². The van der Waals surface area contributed by atoms with Crippen LogP contribution in [0.4, 0.5) is 0 Å². The topological polar surface area (TPSA) is 71.4 Å². The number of nitrogens with zero attached hydrogens (tertiary/aromatic N) is 2. The van der Waals surface area contributed by atoms with Gasteiger partial charge in [-0.25, -0.2) is 0 Å². The predicted octanol–water partition coefficient (Wildman–Crippen LogP) is 4.12. The third kappa shape index (κ3) is 3.00. The van der Waals surface area contributed by atoms with Gasteiger partial charge < -0.3 is 19.6 Å². The fraction of sp³-hybridized carbons (Fsp3) is 0.565. The van der Waals surface area contributed by atoms with Crippen LogP contribution in [0.5, 0.6) is 11.5 Å². The molecule has 0 aromatic heterocycles. The van der Waals surface area contributed by atoms with Gasteiger partial charge in [-0.2, -0.15) is 0 Å². The van der Waals surface area contributed by atoms with Crippen molar-refractivity contribution in [1.82, 2.24) is 4.90 Å². The molecule has 0 bridgehead atoms. The van der Waals surface area contributed by atoms with Gasteiger partial charge in [0.1, 0.15) is 0 Å². The average Bonchev–Trinajstić information content (AvgIpc) is 2.70. The summed E-state index contributed by atoms with van der Waals surface area (Å²) in [6.45, 7) is 7.20. The van der Waals surface area contributed by atoms with Gasteiger partial charge in [0.15, 0.2) is 17.3 Å². The van der Waals surface area contributed by atoms with Crippen molar-refractivity contribution in [1.29, 1.82) is 0 Å². The minimum atomic E-state index is -0.0992. The lowest BCUT2D eigenvalue weighted by molar-refractivity contribution is -0.118. The molecule has 0 saturated heterocycles. The number of hydrogen-bond donors (Lipinski definition) is 1. The number of carbonyl (C=O) groups excluding carboxylic acids is 1. The summed E-state index contributed by atoms with van der Waals surface area (Å²) in [4.78, 5) is 15.5. The zero-order chi connectivity index (χ0) is 20.9. The average molecular weight is 399 g/mol. The summed E-state index contributed by atoms with van der Waals surface area (Å²) < 4.78 is 11.1. The van der Waals surface area contributed by atoms with Crippen LogP contribution in [0.15, 0.2) is 28.6 Å². The van der Waals surface area contributed by atoms with E-state index >= 15 is 0 Å². The molecule has 1 aliphatic carbocycles. The number of ether oxygens (including phenoxy) is 2. The molecular formula is C23H30N2O4. The van der Waals surface area contributed by atoms with Gasteiger partial charge in [-0.15, -0.1) is 0 Å². The van der Waals surface area contributed by atoms with Crippen molar-refractivity contribution in [3.05, 3.63) is 34.5 Å². The molecule has 2 aliphatic heterocycles. The zero-order valence-electron chi connectivity index (χ0n) is 17.9. The first-order valence-corrected chi connectivity index (χ1v) is 10.3. The lowest BCUT2D eigenvalue weighted by Crippen LogP contribution is -2.50. The van der Waals surface area contributed by atoms with Gasteiger partial charge in [0.2, 0.25) is 0 Å². The molecule has 29 heavy (non-hydrogen) atoms. The van der Waals surface area contributed by atoms with Crippen molar-refractivity contribution >= 4 is 11.5 Å². The van der Waals surface area contributed by atoms with Gasteiger partial charge in [-0.3, -0.25) is 4.79 Å². The highest BCUT2D eigenvalue weighted by atomic mass is 16.5. The molecule has 0 spiro atoms. The Balaban J connectivity index is 1.92. The van der Waals surface area contributed by atoms with Crippen molar-refractivity contribution in [3.63, 3.8) is 0 Å². The number of rotatable bonds is 3. The number of allylic oxidation sites excluding steroid dienone is 2. The number of benzene rings is 1. The Morgan fingerprint density at radius 3 is 2.52 bits per heavy atom. The predicted molar refractivity (Wildman–Crippen MR) is 111 cm³/mol. The number of methoxy groups -OCH3 is 2. The number of Topliss-reactive ketones (excluding diaryl/α,β-unsaturated/α-hetero) is 1. The van der Waals surface area contributed by atoms with E-state index in [1.54, 1.807) is 14.2 Å². The van der Waals surface area contributed by atoms with Crippen molar-refractivity contribution in [2.45, 2.75) is 52.5 Å². The lowest BCUT2D eigenvalue weighted by atomic mass is 9.67. The van der Waals surface area contributed by atoms with E-state index in [1.165, 1.54) is 11.1 Å². The fourth-order valence-corrected chi connectivity index (χ4v) is 5.41. The first kappa shape index (κ1) is 19.8. The van der Waals surface area contributed by atoms with Crippen molar-refractivity contribution in [2.75, 3.05) is 20.8 Å². The molecule has 156 valence electrons. The lowest BCUT2D eigenvalue weighted by Gasteiger charge is -2.51. The van der Waals surface area contributed by atoms with Crippen LogP contribution in [0.2, 0.25) is 0 Å². The maximum Gasteiger partial charge on any atom is 0.167 e. The normalized spacial score (nSPS) is 26.7. The smallest absolute Gasteiger partial charge is 0.167 e. The van der Waals surface area contributed by atoms with E-state index in [-0.39, 0.29) is 23.2 Å². The third-order valence-electron chi connectivity index (χ3n) is 6.66. The van der Waals surface area contributed by atoms with Crippen LogP contribution in [-0.2, 0) is 11.2 Å². The highest BCUT2D eigenvalue weighted by molar-refractivity contribution is 6.24. The Morgan fingerprint density at radius 1 is 1.21 bits per heavy atom. The van der Waals surface area contributed by atoms with E-state index in [9.17, 15) is 10.0 Å². The van der Waals surface area contributed by atoms with Gasteiger partial charge in [0.05, 0.1) is 31.5 Å². The van der Waals surface area contributed by atoms with Crippen molar-refractivity contribution in [2.24, 2.45) is 16.5 Å². The summed E-state index contributed by atoms with van der Waals surface area (Å²) in [7, 11) is 3.30. The molecule has 1 aromatic carbocycles. The molecule has 0 unspecified atom stereocenters. The highest BCUT2D eigenvalue weighted by Gasteiger charge is 2.48. The summed E-state index contributed by atoms with van der Waals surface area (Å²) >= 11 is 0. The standard InChI is InChI=1S/C23H30N2O4/c1-6-14-21(24-27)20-16(11-23(2,3)12-17(20)26)25-8-7-13-9-18(28-4)19(29-5)10-15(13)22(14)25/h9-10,14,22,27H,6-8,11-12H2,1-5H3/b24-21+/t14-,22-/m1/s1. The van der Waals surface area contributed by atoms with E-state index < -0.39 is 0 Å². The third-order valence-corrected chi connectivity index (χ3v) is 6.66. The largest absolute Gasteiger partial charge is 0.493 e. The maximum absolute atomic E-state index is 13.1. The summed E-state index contributed by atoms with van der Waals surface area (Å²) in [5.74, 6) is 1.47. The van der Waals surface area contributed by atoms with Gasteiger partial charge in [0, 0.05) is 24.6 Å². The molecule has 6 nitrogen and oxygen atoms in total. The Morgan fingerprint density at radius 2 is 1.90 bits per heavy atom. The molecule has 3 aliphatic rings. The molecule has 0 radical (unpaired) electrons. The molecule has 0 saturated carbocycles. The minimum absolute atomic E-state index is 0.0231. The summed E-state index contributed by atoms with van der Waals surface area (Å²) in [5, 5.41) is 13.6. The molecule has 6 heteroatoms. The summed E-state index contributed by atoms with van der Waals surface area (Å²) in [6.07, 6.45) is 2.95. The SMILES string of the molecule is CC[C@@H]1/C(=N\O)C2=C(CC(C)(C)CC2=O)N2CCc3cc(OC)c(OC)cc3[C@@H]12. The Kier molecular flexibility index (Phi) is 4.83. The second kappa shape index (κ2) is 7.08. The van der Waals surface area contributed by atoms with Gasteiger partial charge in [0.25, 0.3) is 0 Å². The first-order valence-electron chi connectivity index (χ1n) is 10.3. The number of carbonyl (C=O) groups is 1. The quantitative estimate of drug-likeness (QED) is 0.613. The molecule has 1 N–H and O–H groups in total. The molecule has 2 heterocycles. The van der Waals surface area contributed by atoms with Crippen LogP contribution in [-0.4, -0.2) is 42.4 Å². The number of fused-ring (bicyclic) bond motifs is 4. The van der Waals surface area contributed by atoms with Crippen LogP contribution in [0.1, 0.15) is 57.2 Å². The summed E-state index contributed by atoms with van der Waals surface area (Å²) in [6, 6.07) is 4.15. The van der Waals surface area contributed by atoms with E-state index in [0.29, 0.717) is 23.5 Å². The monoisotopic (exact) mass is 398 g/mol. The van der Waals surface area contributed by atoms with Crippen molar-refractivity contribution in [3.8, 4) is 11.5 Å². The number of ketones is 1. The van der Waals surface area contributed by atoms with Crippen LogP contribution in [0.25, 0.3) is 0 Å². The molecule has 1 aromatic rings. The van der Waals surface area contributed by atoms with E-state index in [2.05, 4.69) is 43.0 Å². The van der Waals surface area contributed by atoms with Gasteiger partial charge in [-0.1, -0.05) is 25.9 Å². The minimum Gasteiger partial charge on any atom is -0.493 e. The van der Waals surface area contributed by atoms with Crippen LogP contribution in [0, 0.1) is 11.3 Å². The van der Waals surface area contributed by atoms with Gasteiger partial charge in [-0.05, 0) is 47.9 Å². The second-order valence-corrected chi connectivity index (χ2v) is 9.06. The molecule has 0 amide bonds. The number of oxime groups is 1. The molecule has 2 atom stereocenters. The second-order valence-electron chi connectivity index (χ2n) is 9.06. The van der Waals surface area contributed by atoms with E-state index in [4.69, 9.17) is 9.47 Å². The van der Waals surface area contributed by atoms with Crippen molar-refractivity contribution < 1.29 is 19.5 Å². The van der Waals surface area contributed by atoms with E-state index in [1.807, 2.05) is 0 Å². The van der Waals surface area contributed by atoms with Crippen LogP contribution >= 0.6 is 0 Å². The first-order chi connectivity index (χ1) is 13.8. The molecular weight excluding hydrogens is 368 g/mol. The molecule has 0 fully saturated rings. The maximum atomic E-state index is 13.1. The Labute approximate surface area is 172 Å². The Hall–Kier alpha value is -2.50. The Bertz CT molecular complexity index is 916. The zero-order valence-corrected chi connectivity index (χ0v) is 17.9.